The number of hydrogen-bond donors (Lipinski definition) is 2. The summed E-state index contributed by atoms with van der Waals surface area (Å²) in [5.74, 6) is 6.52. The molecule has 0 spiro atoms. The molecule has 2 N–H and O–H groups in total. The summed E-state index contributed by atoms with van der Waals surface area (Å²) in [7, 11) is 0. The molecule has 8 nitrogen and oxygen atoms in total. The lowest BCUT2D eigenvalue weighted by molar-refractivity contribution is 0.0744. The number of imidazole rings is 1. The van der Waals surface area contributed by atoms with Gasteiger partial charge in [0, 0.05) is 25.8 Å². The van der Waals surface area contributed by atoms with Crippen LogP contribution >= 0.6 is 0 Å². The zero-order valence-corrected chi connectivity index (χ0v) is 16.1. The monoisotopic (exact) mass is 371 g/mol. The smallest absolute Gasteiger partial charge is 0.407 e. The van der Waals surface area contributed by atoms with Crippen LogP contribution in [0.25, 0.3) is 11.0 Å². The highest BCUT2D eigenvalue weighted by atomic mass is 16.4. The van der Waals surface area contributed by atoms with Crippen LogP contribution in [0.1, 0.15) is 27.7 Å². The van der Waals surface area contributed by atoms with Gasteiger partial charge in [-0.05, 0) is 18.4 Å². The van der Waals surface area contributed by atoms with Crippen LogP contribution in [0.15, 0.2) is 17.1 Å². The van der Waals surface area contributed by atoms with Crippen LogP contribution in [-0.2, 0) is 6.54 Å². The Balaban J connectivity index is 2.06. The first kappa shape index (κ1) is 18.8. The standard InChI is InChI=1S/C19H25N5O3/c1-5-6-9-24-15-13(7-8-20-16(15)25)21-17(24)22-10-11-23(18(26)27)14(12-22)19(2,3)4/h7-8,14H,9-12H2,1-4H3,(H,20,25)(H,26,27). The first-order valence-electron chi connectivity index (χ1n) is 8.96. The van der Waals surface area contributed by atoms with E-state index in [-0.39, 0.29) is 17.0 Å². The molecule has 1 fully saturated rings. The van der Waals surface area contributed by atoms with E-state index in [4.69, 9.17) is 0 Å². The van der Waals surface area contributed by atoms with Crippen molar-refractivity contribution in [3.63, 3.8) is 0 Å². The molecule has 0 aromatic carbocycles. The Morgan fingerprint density at radius 2 is 2.15 bits per heavy atom. The molecule has 1 atom stereocenters. The predicted molar refractivity (Wildman–Crippen MR) is 104 cm³/mol. The molecule has 3 heterocycles. The minimum absolute atomic E-state index is 0.187. The highest BCUT2D eigenvalue weighted by Crippen LogP contribution is 2.30. The quantitative estimate of drug-likeness (QED) is 0.787. The maximum Gasteiger partial charge on any atom is 0.407 e. The van der Waals surface area contributed by atoms with Crippen molar-refractivity contribution in [3.8, 4) is 11.8 Å². The lowest BCUT2D eigenvalue weighted by Gasteiger charge is -2.46. The summed E-state index contributed by atoms with van der Waals surface area (Å²) in [5.41, 5.74) is 0.665. The molecule has 1 unspecified atom stereocenters. The van der Waals surface area contributed by atoms with Gasteiger partial charge < -0.3 is 19.9 Å². The molecule has 1 saturated heterocycles. The summed E-state index contributed by atoms with van der Waals surface area (Å²) in [6.45, 7) is 9.62. The van der Waals surface area contributed by atoms with E-state index in [0.29, 0.717) is 43.2 Å². The van der Waals surface area contributed by atoms with Gasteiger partial charge in [0.1, 0.15) is 5.52 Å². The van der Waals surface area contributed by atoms with Gasteiger partial charge in [-0.25, -0.2) is 9.78 Å². The number of anilines is 1. The average Bonchev–Trinajstić information content (AvgIpc) is 2.98. The van der Waals surface area contributed by atoms with Crippen molar-refractivity contribution in [1.29, 1.82) is 0 Å². The van der Waals surface area contributed by atoms with Crippen molar-refractivity contribution in [3.05, 3.63) is 22.6 Å². The van der Waals surface area contributed by atoms with Crippen LogP contribution in [0.2, 0.25) is 0 Å². The van der Waals surface area contributed by atoms with E-state index in [0.717, 1.165) is 0 Å². The number of H-pyrrole nitrogens is 1. The minimum atomic E-state index is -0.906. The van der Waals surface area contributed by atoms with Crippen molar-refractivity contribution in [1.82, 2.24) is 19.4 Å². The zero-order valence-electron chi connectivity index (χ0n) is 16.1. The number of pyridine rings is 1. The average molecular weight is 371 g/mol. The molecular weight excluding hydrogens is 346 g/mol. The topological polar surface area (TPSA) is 94.5 Å². The molecule has 0 saturated carbocycles. The Labute approximate surface area is 157 Å². The van der Waals surface area contributed by atoms with Crippen LogP contribution in [0.5, 0.6) is 0 Å². The summed E-state index contributed by atoms with van der Waals surface area (Å²) >= 11 is 0. The number of amides is 1. The van der Waals surface area contributed by atoms with E-state index < -0.39 is 6.09 Å². The van der Waals surface area contributed by atoms with E-state index in [1.165, 1.54) is 4.90 Å². The Kier molecular flexibility index (Phi) is 4.87. The Morgan fingerprint density at radius 3 is 2.78 bits per heavy atom. The summed E-state index contributed by atoms with van der Waals surface area (Å²) < 4.78 is 1.82. The van der Waals surface area contributed by atoms with E-state index in [1.54, 1.807) is 19.2 Å². The zero-order chi connectivity index (χ0) is 19.8. The molecule has 0 radical (unpaired) electrons. The number of carbonyl (C=O) groups is 1. The number of hydrogen-bond acceptors (Lipinski definition) is 4. The van der Waals surface area contributed by atoms with E-state index in [9.17, 15) is 14.7 Å². The van der Waals surface area contributed by atoms with Gasteiger partial charge in [0.2, 0.25) is 5.95 Å². The number of carboxylic acid groups (broad SMARTS) is 1. The van der Waals surface area contributed by atoms with Crippen molar-refractivity contribution >= 4 is 23.1 Å². The van der Waals surface area contributed by atoms with Gasteiger partial charge in [-0.15, -0.1) is 5.92 Å². The Hall–Kier alpha value is -2.95. The molecule has 0 bridgehead atoms. The number of nitrogens with one attached hydrogen (secondary N) is 1. The third-order valence-corrected chi connectivity index (χ3v) is 4.97. The molecule has 8 heteroatoms. The van der Waals surface area contributed by atoms with Crippen molar-refractivity contribution < 1.29 is 9.90 Å². The number of aromatic nitrogens is 3. The first-order chi connectivity index (χ1) is 12.7. The van der Waals surface area contributed by atoms with Crippen LogP contribution in [0.4, 0.5) is 10.7 Å². The molecule has 2 aromatic heterocycles. The fourth-order valence-corrected chi connectivity index (χ4v) is 3.56. The SMILES string of the molecule is CC#CCn1c(N2CCN(C(=O)O)C(C(C)(C)C)C2)nc2cc[nH]c(=O)c21. The molecule has 3 rings (SSSR count). The van der Waals surface area contributed by atoms with Gasteiger partial charge >= 0.3 is 6.09 Å². The van der Waals surface area contributed by atoms with Gasteiger partial charge in [0.15, 0.2) is 0 Å². The fraction of sp³-hybridized carbons (Fsp3) is 0.526. The fourth-order valence-electron chi connectivity index (χ4n) is 3.56. The molecule has 27 heavy (non-hydrogen) atoms. The second-order valence-electron chi connectivity index (χ2n) is 7.77. The summed E-state index contributed by atoms with van der Waals surface area (Å²) in [6.07, 6.45) is 0.675. The predicted octanol–water partition coefficient (Wildman–Crippen LogP) is 1.96. The summed E-state index contributed by atoms with van der Waals surface area (Å²) in [6, 6.07) is 1.58. The van der Waals surface area contributed by atoms with E-state index in [1.807, 2.05) is 25.3 Å². The maximum atomic E-state index is 12.4. The highest BCUT2D eigenvalue weighted by molar-refractivity contribution is 5.78. The molecule has 0 aliphatic carbocycles. The van der Waals surface area contributed by atoms with Crippen LogP contribution in [0.3, 0.4) is 0 Å². The van der Waals surface area contributed by atoms with Gasteiger partial charge in [-0.3, -0.25) is 9.36 Å². The van der Waals surface area contributed by atoms with Crippen molar-refractivity contribution in [2.45, 2.75) is 40.3 Å². The van der Waals surface area contributed by atoms with E-state index >= 15 is 0 Å². The van der Waals surface area contributed by atoms with Gasteiger partial charge in [0.05, 0.1) is 18.1 Å². The number of piperazine rings is 1. The number of nitrogens with zero attached hydrogens (tertiary/aromatic N) is 4. The van der Waals surface area contributed by atoms with Crippen LogP contribution in [-0.4, -0.2) is 56.3 Å². The molecular formula is C19H25N5O3. The number of fused-ring (bicyclic) bond motifs is 1. The second kappa shape index (κ2) is 6.99. The normalized spacial score (nSPS) is 17.7. The number of aromatic amines is 1. The molecule has 144 valence electrons. The van der Waals surface area contributed by atoms with Crippen LogP contribution < -0.4 is 10.5 Å². The maximum absolute atomic E-state index is 12.4. The van der Waals surface area contributed by atoms with Gasteiger partial charge in [0.25, 0.3) is 5.56 Å². The third kappa shape index (κ3) is 3.50. The van der Waals surface area contributed by atoms with Gasteiger partial charge in [-0.1, -0.05) is 26.7 Å². The largest absolute Gasteiger partial charge is 0.465 e. The number of rotatable bonds is 2. The molecule has 1 aliphatic heterocycles. The molecule has 1 aliphatic rings. The minimum Gasteiger partial charge on any atom is -0.465 e. The summed E-state index contributed by atoms with van der Waals surface area (Å²) in [4.78, 5) is 35.0. The third-order valence-electron chi connectivity index (χ3n) is 4.97. The highest BCUT2D eigenvalue weighted by Gasteiger charge is 2.39. The first-order valence-corrected chi connectivity index (χ1v) is 8.96. The van der Waals surface area contributed by atoms with Crippen molar-refractivity contribution in [2.75, 3.05) is 24.5 Å². The Morgan fingerprint density at radius 1 is 1.41 bits per heavy atom. The van der Waals surface area contributed by atoms with E-state index in [2.05, 4.69) is 26.7 Å². The van der Waals surface area contributed by atoms with Crippen LogP contribution in [0, 0.1) is 17.3 Å². The lowest BCUT2D eigenvalue weighted by atomic mass is 9.84. The van der Waals surface area contributed by atoms with Crippen molar-refractivity contribution in [2.24, 2.45) is 5.41 Å². The lowest BCUT2D eigenvalue weighted by Crippen LogP contribution is -2.60. The summed E-state index contributed by atoms with van der Waals surface area (Å²) in [5, 5.41) is 9.57. The molecule has 2 aromatic rings. The Bertz CT molecular complexity index is 973. The van der Waals surface area contributed by atoms with Gasteiger partial charge in [-0.2, -0.15) is 0 Å². The second-order valence-corrected chi connectivity index (χ2v) is 7.77. The molecule has 1 amide bonds.